The second-order valence-corrected chi connectivity index (χ2v) is 8.23. The number of benzene rings is 2. The lowest BCUT2D eigenvalue weighted by molar-refractivity contribution is 0.601. The second kappa shape index (κ2) is 8.25. The van der Waals surface area contributed by atoms with Gasteiger partial charge in [0.25, 0.3) is 10.0 Å². The lowest BCUT2D eigenvalue weighted by atomic mass is 10.2. The number of hydrogen-bond acceptors (Lipinski definition) is 7. The summed E-state index contributed by atoms with van der Waals surface area (Å²) < 4.78 is 29.4. The highest BCUT2D eigenvalue weighted by atomic mass is 32.2. The molecule has 0 saturated heterocycles. The Morgan fingerprint density at radius 3 is 2.32 bits per heavy atom. The van der Waals surface area contributed by atoms with Crippen molar-refractivity contribution in [3.05, 3.63) is 84.7 Å². The Labute approximate surface area is 179 Å². The van der Waals surface area contributed by atoms with Crippen LogP contribution in [0.15, 0.2) is 78.2 Å². The lowest BCUT2D eigenvalue weighted by Crippen LogP contribution is -2.12. The van der Waals surface area contributed by atoms with E-state index in [0.29, 0.717) is 22.9 Å². The number of sulfonamides is 1. The van der Waals surface area contributed by atoms with Crippen LogP contribution in [0, 0.1) is 18.3 Å². The van der Waals surface area contributed by atoms with Gasteiger partial charge >= 0.3 is 0 Å². The summed E-state index contributed by atoms with van der Waals surface area (Å²) in [6.07, 6.45) is 4.97. The van der Waals surface area contributed by atoms with Gasteiger partial charge in [-0.3, -0.25) is 9.29 Å². The molecule has 4 aromatic rings. The fraction of sp³-hybridized carbons (Fsp3) is 0.0476. The minimum absolute atomic E-state index is 0.0806. The second-order valence-electron chi connectivity index (χ2n) is 6.55. The molecule has 0 atom stereocenters. The van der Waals surface area contributed by atoms with Gasteiger partial charge in [0.2, 0.25) is 0 Å². The fourth-order valence-corrected chi connectivity index (χ4v) is 3.92. The monoisotopic (exact) mass is 431 g/mol. The Morgan fingerprint density at radius 1 is 0.968 bits per heavy atom. The standard InChI is InChI=1S/C21H17N7O2S/c1-15-23-10-11-28(15)21-12-20(24-14-25-21)26-17-4-6-18(7-5-17)27-31(29,30)19-8-2-16(13-22)3-9-19/h2-12,14,27H,1H3,(H,24,25,26). The Kier molecular flexibility index (Phi) is 5.34. The lowest BCUT2D eigenvalue weighted by Gasteiger charge is -2.11. The van der Waals surface area contributed by atoms with E-state index >= 15 is 0 Å². The number of anilines is 3. The molecule has 0 spiro atoms. The van der Waals surface area contributed by atoms with E-state index < -0.39 is 10.0 Å². The number of aryl methyl sites for hydroxylation is 1. The summed E-state index contributed by atoms with van der Waals surface area (Å²) >= 11 is 0. The number of aromatic nitrogens is 4. The van der Waals surface area contributed by atoms with Crippen LogP contribution in [0.5, 0.6) is 0 Å². The smallest absolute Gasteiger partial charge is 0.261 e. The van der Waals surface area contributed by atoms with Gasteiger partial charge in [0, 0.05) is 29.8 Å². The van der Waals surface area contributed by atoms with Crippen LogP contribution in [0.2, 0.25) is 0 Å². The first kappa shape index (κ1) is 20.1. The minimum Gasteiger partial charge on any atom is -0.340 e. The van der Waals surface area contributed by atoms with E-state index in [1.165, 1.54) is 30.6 Å². The van der Waals surface area contributed by atoms with Gasteiger partial charge in [-0.05, 0) is 55.5 Å². The van der Waals surface area contributed by atoms with E-state index in [9.17, 15) is 8.42 Å². The molecule has 9 nitrogen and oxygen atoms in total. The molecule has 0 aliphatic carbocycles. The molecule has 0 bridgehead atoms. The van der Waals surface area contributed by atoms with Crippen LogP contribution in [0.3, 0.4) is 0 Å². The predicted molar refractivity (Wildman–Crippen MR) is 116 cm³/mol. The quantitative estimate of drug-likeness (QED) is 0.479. The van der Waals surface area contributed by atoms with Gasteiger partial charge < -0.3 is 5.32 Å². The molecular formula is C21H17N7O2S. The number of rotatable bonds is 6. The van der Waals surface area contributed by atoms with Crippen molar-refractivity contribution in [3.8, 4) is 11.9 Å². The zero-order valence-electron chi connectivity index (χ0n) is 16.4. The van der Waals surface area contributed by atoms with Crippen LogP contribution in [-0.4, -0.2) is 27.9 Å². The molecule has 0 fully saturated rings. The molecule has 2 N–H and O–H groups in total. The third-order valence-corrected chi connectivity index (χ3v) is 5.83. The zero-order chi connectivity index (χ0) is 21.8. The maximum absolute atomic E-state index is 12.5. The highest BCUT2D eigenvalue weighted by Crippen LogP contribution is 2.21. The van der Waals surface area contributed by atoms with Crippen molar-refractivity contribution in [1.82, 2.24) is 19.5 Å². The number of nitrogens with one attached hydrogen (secondary N) is 2. The largest absolute Gasteiger partial charge is 0.340 e. The Morgan fingerprint density at radius 2 is 1.68 bits per heavy atom. The molecule has 0 aliphatic heterocycles. The summed E-state index contributed by atoms with van der Waals surface area (Å²) in [4.78, 5) is 12.7. The maximum atomic E-state index is 12.5. The third-order valence-electron chi connectivity index (χ3n) is 4.43. The first-order valence-corrected chi connectivity index (χ1v) is 10.7. The molecule has 0 amide bonds. The Bertz CT molecular complexity index is 1360. The highest BCUT2D eigenvalue weighted by Gasteiger charge is 2.14. The number of nitrogens with zero attached hydrogens (tertiary/aromatic N) is 5. The molecule has 0 saturated carbocycles. The van der Waals surface area contributed by atoms with Gasteiger partial charge in [-0.25, -0.2) is 23.4 Å². The molecule has 10 heteroatoms. The molecule has 0 radical (unpaired) electrons. The van der Waals surface area contributed by atoms with Crippen LogP contribution >= 0.6 is 0 Å². The fourth-order valence-electron chi connectivity index (χ4n) is 2.86. The van der Waals surface area contributed by atoms with Gasteiger partial charge in [0.1, 0.15) is 23.8 Å². The molecule has 0 unspecified atom stereocenters. The molecule has 154 valence electrons. The van der Waals surface area contributed by atoms with E-state index in [-0.39, 0.29) is 4.90 Å². The molecule has 2 aromatic heterocycles. The van der Waals surface area contributed by atoms with E-state index in [2.05, 4.69) is 25.0 Å². The van der Waals surface area contributed by atoms with Crippen molar-refractivity contribution < 1.29 is 8.42 Å². The summed E-state index contributed by atoms with van der Waals surface area (Å²) in [6, 6.07) is 16.2. The van der Waals surface area contributed by atoms with Crippen LogP contribution in [0.1, 0.15) is 11.4 Å². The van der Waals surface area contributed by atoms with Gasteiger partial charge in [0.05, 0.1) is 16.5 Å². The summed E-state index contributed by atoms with van der Waals surface area (Å²) in [5, 5.41) is 12.0. The summed E-state index contributed by atoms with van der Waals surface area (Å²) in [6.45, 7) is 1.88. The van der Waals surface area contributed by atoms with Crippen molar-refractivity contribution in [3.63, 3.8) is 0 Å². The minimum atomic E-state index is -3.75. The van der Waals surface area contributed by atoms with Crippen LogP contribution in [-0.2, 0) is 10.0 Å². The molecular weight excluding hydrogens is 414 g/mol. The van der Waals surface area contributed by atoms with Gasteiger partial charge in [-0.1, -0.05) is 0 Å². The van der Waals surface area contributed by atoms with Crippen molar-refractivity contribution in [2.24, 2.45) is 0 Å². The van der Waals surface area contributed by atoms with Crippen molar-refractivity contribution in [1.29, 1.82) is 5.26 Å². The van der Waals surface area contributed by atoms with Crippen molar-refractivity contribution in [2.75, 3.05) is 10.0 Å². The van der Waals surface area contributed by atoms with E-state index in [1.54, 1.807) is 36.5 Å². The topological polar surface area (TPSA) is 126 Å². The third kappa shape index (κ3) is 4.52. The van der Waals surface area contributed by atoms with Gasteiger partial charge in [-0.15, -0.1) is 0 Å². The van der Waals surface area contributed by atoms with Crippen LogP contribution in [0.25, 0.3) is 5.82 Å². The van der Waals surface area contributed by atoms with Crippen molar-refractivity contribution in [2.45, 2.75) is 11.8 Å². The molecule has 4 rings (SSSR count). The van der Waals surface area contributed by atoms with Gasteiger partial charge in [-0.2, -0.15) is 5.26 Å². The number of nitriles is 1. The normalized spacial score (nSPS) is 11.0. The molecule has 31 heavy (non-hydrogen) atoms. The summed E-state index contributed by atoms with van der Waals surface area (Å²) in [7, 11) is -3.75. The molecule has 2 aromatic carbocycles. The van der Waals surface area contributed by atoms with Crippen LogP contribution in [0.4, 0.5) is 17.2 Å². The van der Waals surface area contributed by atoms with E-state index in [0.717, 1.165) is 11.5 Å². The predicted octanol–water partition coefficient (Wildman–Crippen LogP) is 3.39. The first-order chi connectivity index (χ1) is 14.9. The number of imidazole rings is 1. The first-order valence-electron chi connectivity index (χ1n) is 9.17. The van der Waals surface area contributed by atoms with E-state index in [1.807, 2.05) is 23.8 Å². The molecule has 2 heterocycles. The maximum Gasteiger partial charge on any atom is 0.261 e. The zero-order valence-corrected chi connectivity index (χ0v) is 17.2. The Balaban J connectivity index is 1.47. The molecule has 0 aliphatic rings. The average molecular weight is 431 g/mol. The van der Waals surface area contributed by atoms with Crippen LogP contribution < -0.4 is 10.0 Å². The highest BCUT2D eigenvalue weighted by molar-refractivity contribution is 7.92. The number of hydrogen-bond donors (Lipinski definition) is 2. The summed E-state index contributed by atoms with van der Waals surface area (Å²) in [5.74, 6) is 2.08. The average Bonchev–Trinajstić information content (AvgIpc) is 3.21. The van der Waals surface area contributed by atoms with Gasteiger partial charge in [0.15, 0.2) is 0 Å². The van der Waals surface area contributed by atoms with E-state index in [4.69, 9.17) is 5.26 Å². The Hall–Kier alpha value is -4.23. The van der Waals surface area contributed by atoms with Crippen molar-refractivity contribution >= 4 is 27.2 Å². The SMILES string of the molecule is Cc1nccn1-c1cc(Nc2ccc(NS(=O)(=O)c3ccc(C#N)cc3)cc2)ncn1. The summed E-state index contributed by atoms with van der Waals surface area (Å²) in [5.41, 5.74) is 1.53.